The van der Waals surface area contributed by atoms with Gasteiger partial charge >= 0.3 is 5.97 Å². The van der Waals surface area contributed by atoms with Crippen molar-refractivity contribution in [3.63, 3.8) is 0 Å². The molecule has 1 N–H and O–H groups in total. The molecule has 0 aromatic carbocycles. The number of aryl methyl sites for hydroxylation is 1. The number of rotatable bonds is 2. The molecule has 0 atom stereocenters. The van der Waals surface area contributed by atoms with E-state index < -0.39 is 5.97 Å². The normalized spacial score (nSPS) is 18.3. The first kappa shape index (κ1) is 13.2. The summed E-state index contributed by atoms with van der Waals surface area (Å²) in [5.74, 6) is -0.805. The van der Waals surface area contributed by atoms with E-state index in [2.05, 4.69) is 4.57 Å². The highest BCUT2D eigenvalue weighted by Gasteiger charge is 2.21. The zero-order chi connectivity index (χ0) is 13.1. The minimum atomic E-state index is -0.805. The predicted octanol–water partition coefficient (Wildman–Crippen LogP) is 4.09. The first-order valence-corrected chi connectivity index (χ1v) is 7.03. The minimum Gasteiger partial charge on any atom is -0.478 e. The topological polar surface area (TPSA) is 42.2 Å². The van der Waals surface area contributed by atoms with Gasteiger partial charge in [-0.15, -0.1) is 0 Å². The summed E-state index contributed by atoms with van der Waals surface area (Å²) in [6.45, 7) is 3.97. The van der Waals surface area contributed by atoms with E-state index in [1.807, 2.05) is 19.9 Å². The van der Waals surface area contributed by atoms with Crippen LogP contribution < -0.4 is 0 Å². The number of carboxylic acid groups (broad SMARTS) is 1. The Labute approximate surface area is 109 Å². The lowest BCUT2D eigenvalue weighted by atomic mass is 9.96. The highest BCUT2D eigenvalue weighted by atomic mass is 16.4. The number of carbonyl (C=O) groups is 1. The molecule has 3 heteroatoms. The van der Waals surface area contributed by atoms with E-state index in [1.54, 1.807) is 0 Å². The number of carboxylic acids is 1. The highest BCUT2D eigenvalue weighted by Crippen LogP contribution is 2.30. The lowest BCUT2D eigenvalue weighted by Crippen LogP contribution is -2.14. The Hall–Kier alpha value is -1.25. The van der Waals surface area contributed by atoms with Crippen molar-refractivity contribution in [3.05, 3.63) is 23.0 Å². The van der Waals surface area contributed by atoms with Gasteiger partial charge < -0.3 is 9.67 Å². The second kappa shape index (κ2) is 5.59. The Morgan fingerprint density at radius 2 is 1.72 bits per heavy atom. The van der Waals surface area contributed by atoms with Crippen molar-refractivity contribution < 1.29 is 9.90 Å². The zero-order valence-electron chi connectivity index (χ0n) is 11.4. The molecule has 100 valence electrons. The van der Waals surface area contributed by atoms with Crippen LogP contribution in [-0.2, 0) is 0 Å². The van der Waals surface area contributed by atoms with Crippen molar-refractivity contribution in [1.82, 2.24) is 4.57 Å². The van der Waals surface area contributed by atoms with Gasteiger partial charge in [-0.05, 0) is 32.8 Å². The van der Waals surface area contributed by atoms with Crippen molar-refractivity contribution in [2.45, 2.75) is 64.8 Å². The fourth-order valence-electron chi connectivity index (χ4n) is 3.25. The molecule has 1 aromatic rings. The summed E-state index contributed by atoms with van der Waals surface area (Å²) in [7, 11) is 0. The standard InChI is InChI=1S/C15H23NO2/c1-11-10-14(15(17)18)12(2)16(11)13-8-6-4-3-5-7-9-13/h10,13H,3-9H2,1-2H3,(H,17,18). The lowest BCUT2D eigenvalue weighted by Gasteiger charge is -2.24. The summed E-state index contributed by atoms with van der Waals surface area (Å²) in [5.41, 5.74) is 2.48. The molecular weight excluding hydrogens is 226 g/mol. The summed E-state index contributed by atoms with van der Waals surface area (Å²) in [5, 5.41) is 9.19. The Kier molecular flexibility index (Phi) is 4.10. The molecule has 2 rings (SSSR count). The Morgan fingerprint density at radius 3 is 2.22 bits per heavy atom. The van der Waals surface area contributed by atoms with Gasteiger partial charge in [-0.1, -0.05) is 32.1 Å². The van der Waals surface area contributed by atoms with Gasteiger partial charge in [0.1, 0.15) is 0 Å². The van der Waals surface area contributed by atoms with E-state index in [4.69, 9.17) is 0 Å². The second-order valence-electron chi connectivity index (χ2n) is 5.46. The number of nitrogens with zero attached hydrogens (tertiary/aromatic N) is 1. The summed E-state index contributed by atoms with van der Waals surface area (Å²) in [6.07, 6.45) is 8.92. The SMILES string of the molecule is Cc1cc(C(=O)O)c(C)n1C1CCCCCCC1. The smallest absolute Gasteiger partial charge is 0.337 e. The molecule has 0 aliphatic heterocycles. The molecule has 1 aliphatic rings. The van der Waals surface area contributed by atoms with E-state index in [1.165, 1.54) is 44.9 Å². The number of aromatic nitrogens is 1. The van der Waals surface area contributed by atoms with Gasteiger partial charge in [-0.25, -0.2) is 4.79 Å². The quantitative estimate of drug-likeness (QED) is 0.857. The van der Waals surface area contributed by atoms with Crippen LogP contribution in [-0.4, -0.2) is 15.6 Å². The third-order valence-corrected chi connectivity index (χ3v) is 4.15. The molecule has 0 unspecified atom stereocenters. The van der Waals surface area contributed by atoms with Gasteiger partial charge in [0.25, 0.3) is 0 Å². The number of aromatic carboxylic acids is 1. The highest BCUT2D eigenvalue weighted by molar-refractivity contribution is 5.89. The third kappa shape index (κ3) is 2.60. The van der Waals surface area contributed by atoms with Crippen LogP contribution in [0.1, 0.15) is 72.7 Å². The molecule has 0 spiro atoms. The summed E-state index contributed by atoms with van der Waals surface area (Å²) in [6, 6.07) is 2.31. The maximum Gasteiger partial charge on any atom is 0.337 e. The average Bonchev–Trinajstić information content (AvgIpc) is 2.55. The van der Waals surface area contributed by atoms with Crippen molar-refractivity contribution in [3.8, 4) is 0 Å². The van der Waals surface area contributed by atoms with Gasteiger partial charge in [-0.3, -0.25) is 0 Å². The van der Waals surface area contributed by atoms with E-state index in [0.29, 0.717) is 11.6 Å². The molecule has 1 aliphatic carbocycles. The van der Waals surface area contributed by atoms with Crippen LogP contribution in [0.25, 0.3) is 0 Å². The van der Waals surface area contributed by atoms with Gasteiger partial charge in [-0.2, -0.15) is 0 Å². The molecule has 1 fully saturated rings. The summed E-state index contributed by atoms with van der Waals surface area (Å²) >= 11 is 0. The van der Waals surface area contributed by atoms with Crippen molar-refractivity contribution >= 4 is 5.97 Å². The zero-order valence-corrected chi connectivity index (χ0v) is 11.4. The van der Waals surface area contributed by atoms with Crippen molar-refractivity contribution in [2.75, 3.05) is 0 Å². The fraction of sp³-hybridized carbons (Fsp3) is 0.667. The molecule has 1 heterocycles. The van der Waals surface area contributed by atoms with E-state index in [0.717, 1.165) is 11.4 Å². The molecule has 0 amide bonds. The molecule has 1 aromatic heterocycles. The molecule has 0 bridgehead atoms. The maximum atomic E-state index is 11.2. The molecule has 3 nitrogen and oxygen atoms in total. The minimum absolute atomic E-state index is 0.467. The van der Waals surface area contributed by atoms with Crippen molar-refractivity contribution in [1.29, 1.82) is 0 Å². The van der Waals surface area contributed by atoms with Gasteiger partial charge in [0.2, 0.25) is 0 Å². The molecular formula is C15H23NO2. The molecule has 0 saturated heterocycles. The summed E-state index contributed by atoms with van der Waals surface area (Å²) in [4.78, 5) is 11.2. The van der Waals surface area contributed by atoms with E-state index >= 15 is 0 Å². The molecule has 0 radical (unpaired) electrons. The number of hydrogen-bond donors (Lipinski definition) is 1. The molecule has 18 heavy (non-hydrogen) atoms. The monoisotopic (exact) mass is 249 g/mol. The first-order valence-electron chi connectivity index (χ1n) is 7.03. The van der Waals surface area contributed by atoms with Crippen LogP contribution in [0.2, 0.25) is 0 Å². The Morgan fingerprint density at radius 1 is 1.17 bits per heavy atom. The summed E-state index contributed by atoms with van der Waals surface area (Å²) < 4.78 is 2.26. The lowest BCUT2D eigenvalue weighted by molar-refractivity contribution is 0.0696. The van der Waals surface area contributed by atoms with Gasteiger partial charge in [0, 0.05) is 17.4 Å². The van der Waals surface area contributed by atoms with Crippen LogP contribution in [0.3, 0.4) is 0 Å². The predicted molar refractivity (Wildman–Crippen MR) is 72.2 cm³/mol. The van der Waals surface area contributed by atoms with Gasteiger partial charge in [0.15, 0.2) is 0 Å². The van der Waals surface area contributed by atoms with E-state index in [-0.39, 0.29) is 0 Å². The van der Waals surface area contributed by atoms with Crippen molar-refractivity contribution in [2.24, 2.45) is 0 Å². The van der Waals surface area contributed by atoms with Crippen LogP contribution >= 0.6 is 0 Å². The second-order valence-corrected chi connectivity index (χ2v) is 5.46. The van der Waals surface area contributed by atoms with Gasteiger partial charge in [0.05, 0.1) is 5.56 Å². The van der Waals surface area contributed by atoms with Crippen LogP contribution in [0.5, 0.6) is 0 Å². The van der Waals surface area contributed by atoms with Crippen LogP contribution in [0.15, 0.2) is 6.07 Å². The fourth-order valence-corrected chi connectivity index (χ4v) is 3.25. The Bertz CT molecular complexity index is 426. The van der Waals surface area contributed by atoms with E-state index in [9.17, 15) is 9.90 Å². The van der Waals surface area contributed by atoms with Crippen LogP contribution in [0.4, 0.5) is 0 Å². The average molecular weight is 249 g/mol. The first-order chi connectivity index (χ1) is 8.61. The van der Waals surface area contributed by atoms with Crippen LogP contribution in [0, 0.1) is 13.8 Å². The Balaban J connectivity index is 2.28. The third-order valence-electron chi connectivity index (χ3n) is 4.15. The molecule has 1 saturated carbocycles. The largest absolute Gasteiger partial charge is 0.478 e. The number of hydrogen-bond acceptors (Lipinski definition) is 1. The maximum absolute atomic E-state index is 11.2.